The maximum Gasteiger partial charge on any atom is 0.294 e. The molecular formula is C11H14ClN3O2S. The van der Waals surface area contributed by atoms with Crippen LogP contribution in [-0.2, 0) is 0 Å². The Morgan fingerprint density at radius 2 is 2.33 bits per heavy atom. The van der Waals surface area contributed by atoms with Crippen molar-refractivity contribution >= 4 is 40.6 Å². The van der Waals surface area contributed by atoms with Crippen LogP contribution in [0.5, 0.6) is 0 Å². The predicted molar refractivity (Wildman–Crippen MR) is 76.1 cm³/mol. The quantitative estimate of drug-likeness (QED) is 0.217. The van der Waals surface area contributed by atoms with Gasteiger partial charge in [-0.1, -0.05) is 6.92 Å². The Labute approximate surface area is 115 Å². The highest BCUT2D eigenvalue weighted by molar-refractivity contribution is 7.99. The molecule has 0 atom stereocenters. The van der Waals surface area contributed by atoms with E-state index in [0.29, 0.717) is 0 Å². The number of thioether (sulfide) groups is 1. The minimum Gasteiger partial charge on any atom is -0.386 e. The van der Waals surface area contributed by atoms with E-state index in [2.05, 4.69) is 11.9 Å². The number of benzene rings is 1. The van der Waals surface area contributed by atoms with E-state index in [4.69, 9.17) is 17.3 Å². The van der Waals surface area contributed by atoms with Gasteiger partial charge in [0, 0.05) is 11.0 Å². The number of rotatable bonds is 6. The lowest BCUT2D eigenvalue weighted by atomic mass is 10.3. The largest absolute Gasteiger partial charge is 0.386 e. The normalized spacial score (nSPS) is 11.6. The van der Waals surface area contributed by atoms with Gasteiger partial charge in [0.05, 0.1) is 10.8 Å². The first kappa shape index (κ1) is 14.8. The summed E-state index contributed by atoms with van der Waals surface area (Å²) in [7, 11) is 0. The van der Waals surface area contributed by atoms with E-state index in [0.717, 1.165) is 17.1 Å². The Bertz CT molecular complexity index is 466. The fourth-order valence-corrected chi connectivity index (χ4v) is 2.10. The van der Waals surface area contributed by atoms with Crippen molar-refractivity contribution in [3.63, 3.8) is 0 Å². The van der Waals surface area contributed by atoms with Gasteiger partial charge in [0.25, 0.3) is 5.69 Å². The summed E-state index contributed by atoms with van der Waals surface area (Å²) in [5.41, 5.74) is 5.70. The highest BCUT2D eigenvalue weighted by Gasteiger charge is 2.14. The number of aliphatic imine (C=N–C) groups is 1. The maximum absolute atomic E-state index is 10.9. The van der Waals surface area contributed by atoms with Crippen LogP contribution in [0.4, 0.5) is 11.4 Å². The molecule has 0 bridgehead atoms. The van der Waals surface area contributed by atoms with Gasteiger partial charge in [-0.15, -0.1) is 23.4 Å². The molecule has 2 N–H and O–H groups in total. The van der Waals surface area contributed by atoms with Gasteiger partial charge in [0.15, 0.2) is 0 Å². The molecule has 98 valence electrons. The van der Waals surface area contributed by atoms with E-state index in [1.807, 2.05) is 0 Å². The highest BCUT2D eigenvalue weighted by atomic mass is 35.5. The molecule has 0 unspecified atom stereocenters. The summed E-state index contributed by atoms with van der Waals surface area (Å²) in [5.74, 6) is 1.16. The molecule has 1 rings (SSSR count). The zero-order chi connectivity index (χ0) is 13.5. The van der Waals surface area contributed by atoms with E-state index >= 15 is 0 Å². The lowest BCUT2D eigenvalue weighted by Crippen LogP contribution is -2.12. The topological polar surface area (TPSA) is 81.5 Å². The third-order valence-electron chi connectivity index (χ3n) is 2.02. The smallest absolute Gasteiger partial charge is 0.294 e. The van der Waals surface area contributed by atoms with E-state index in [9.17, 15) is 10.1 Å². The molecule has 0 aliphatic heterocycles. The van der Waals surface area contributed by atoms with Crippen LogP contribution in [0.1, 0.15) is 13.3 Å². The minimum absolute atomic E-state index is 0.0451. The number of nitro groups is 1. The molecule has 1 aromatic rings. The lowest BCUT2D eigenvalue weighted by molar-refractivity contribution is -0.384. The molecule has 0 amide bonds. The molecule has 18 heavy (non-hydrogen) atoms. The van der Waals surface area contributed by atoms with Crippen molar-refractivity contribution in [2.45, 2.75) is 18.2 Å². The van der Waals surface area contributed by atoms with E-state index < -0.39 is 4.92 Å². The first-order valence-electron chi connectivity index (χ1n) is 5.38. The second-order valence-electron chi connectivity index (χ2n) is 3.49. The number of nitrogens with zero attached hydrogens (tertiary/aromatic N) is 2. The van der Waals surface area contributed by atoms with E-state index in [1.165, 1.54) is 6.07 Å². The van der Waals surface area contributed by atoms with Crippen LogP contribution >= 0.6 is 23.4 Å². The summed E-state index contributed by atoms with van der Waals surface area (Å²) in [6.07, 6.45) is 1.03. The molecule has 0 saturated heterocycles. The van der Waals surface area contributed by atoms with Gasteiger partial charge in [-0.05, 0) is 24.3 Å². The molecule has 0 fully saturated rings. The lowest BCUT2D eigenvalue weighted by Gasteiger charge is -2.03. The van der Waals surface area contributed by atoms with Crippen molar-refractivity contribution in [3.05, 3.63) is 28.3 Å². The standard InChI is InChI=1S/C11H14ClN3O2S/c1-2-5-18-8-3-4-10(15(16)17)9(6-8)14-11(13)7-12/h3-4,6H,2,5,7H2,1H3,(H2,13,14). The van der Waals surface area contributed by atoms with Crippen LogP contribution in [-0.4, -0.2) is 22.4 Å². The first-order chi connectivity index (χ1) is 8.58. The molecule has 0 saturated carbocycles. The molecule has 0 aliphatic carbocycles. The Balaban J connectivity index is 3.11. The number of nitrogens with two attached hydrogens (primary N) is 1. The van der Waals surface area contributed by atoms with Gasteiger partial charge in [-0.3, -0.25) is 10.1 Å². The number of hydrogen-bond donors (Lipinski definition) is 1. The van der Waals surface area contributed by atoms with Crippen molar-refractivity contribution in [2.24, 2.45) is 10.7 Å². The summed E-state index contributed by atoms with van der Waals surface area (Å²) in [6.45, 7) is 2.07. The molecule has 5 nitrogen and oxygen atoms in total. The van der Waals surface area contributed by atoms with E-state index in [1.54, 1.807) is 23.9 Å². The van der Waals surface area contributed by atoms with Crippen molar-refractivity contribution < 1.29 is 4.92 Å². The third kappa shape index (κ3) is 4.19. The van der Waals surface area contributed by atoms with E-state index in [-0.39, 0.29) is 23.1 Å². The van der Waals surface area contributed by atoms with Gasteiger partial charge in [-0.25, -0.2) is 4.99 Å². The van der Waals surface area contributed by atoms with Gasteiger partial charge in [0.2, 0.25) is 0 Å². The molecular weight excluding hydrogens is 274 g/mol. The molecule has 7 heteroatoms. The Morgan fingerprint density at radius 1 is 1.61 bits per heavy atom. The average molecular weight is 288 g/mol. The highest BCUT2D eigenvalue weighted by Crippen LogP contribution is 2.32. The molecule has 0 spiro atoms. The minimum atomic E-state index is -0.478. The Morgan fingerprint density at radius 3 is 2.89 bits per heavy atom. The number of hydrogen-bond acceptors (Lipinski definition) is 4. The molecule has 0 aromatic heterocycles. The summed E-state index contributed by atoms with van der Waals surface area (Å²) >= 11 is 7.15. The van der Waals surface area contributed by atoms with Gasteiger partial charge < -0.3 is 5.73 Å². The molecule has 0 aliphatic rings. The van der Waals surface area contributed by atoms with Crippen molar-refractivity contribution in [3.8, 4) is 0 Å². The van der Waals surface area contributed by atoms with Gasteiger partial charge >= 0.3 is 0 Å². The fourth-order valence-electron chi connectivity index (χ4n) is 1.24. The van der Waals surface area contributed by atoms with Crippen molar-refractivity contribution in [2.75, 3.05) is 11.6 Å². The molecule has 0 radical (unpaired) electrons. The van der Waals surface area contributed by atoms with Gasteiger partial charge in [-0.2, -0.15) is 0 Å². The second kappa shape index (κ2) is 7.23. The summed E-state index contributed by atoms with van der Waals surface area (Å²) in [5, 5.41) is 10.9. The summed E-state index contributed by atoms with van der Waals surface area (Å²) in [6, 6.07) is 4.82. The van der Waals surface area contributed by atoms with Crippen LogP contribution in [0.2, 0.25) is 0 Å². The summed E-state index contributed by atoms with van der Waals surface area (Å²) in [4.78, 5) is 15.3. The third-order valence-corrected chi connectivity index (χ3v) is 3.49. The van der Waals surface area contributed by atoms with Crippen molar-refractivity contribution in [1.29, 1.82) is 0 Å². The number of alkyl halides is 1. The van der Waals surface area contributed by atoms with Crippen LogP contribution in [0.25, 0.3) is 0 Å². The average Bonchev–Trinajstić information content (AvgIpc) is 2.36. The Hall–Kier alpha value is -1.27. The fraction of sp³-hybridized carbons (Fsp3) is 0.364. The SMILES string of the molecule is CCCSc1ccc([N+](=O)[O-])c(N=C(N)CCl)c1. The number of halogens is 1. The Kier molecular flexibility index (Phi) is 5.94. The van der Waals surface area contributed by atoms with Gasteiger partial charge in [0.1, 0.15) is 11.5 Å². The van der Waals surface area contributed by atoms with Crippen LogP contribution < -0.4 is 5.73 Å². The van der Waals surface area contributed by atoms with Crippen LogP contribution in [0.3, 0.4) is 0 Å². The monoisotopic (exact) mass is 287 g/mol. The summed E-state index contributed by atoms with van der Waals surface area (Å²) < 4.78 is 0. The second-order valence-corrected chi connectivity index (χ2v) is 4.93. The zero-order valence-corrected chi connectivity index (χ0v) is 11.5. The van der Waals surface area contributed by atoms with Crippen LogP contribution in [0, 0.1) is 10.1 Å². The van der Waals surface area contributed by atoms with Crippen molar-refractivity contribution in [1.82, 2.24) is 0 Å². The maximum atomic E-state index is 10.9. The zero-order valence-electron chi connectivity index (χ0n) is 9.93. The number of nitro benzene ring substituents is 1. The number of amidine groups is 1. The van der Waals surface area contributed by atoms with Crippen LogP contribution in [0.15, 0.2) is 28.1 Å². The molecule has 0 heterocycles. The molecule has 1 aromatic carbocycles. The predicted octanol–water partition coefficient (Wildman–Crippen LogP) is 3.32. The first-order valence-corrected chi connectivity index (χ1v) is 6.90.